The van der Waals surface area contributed by atoms with Crippen molar-refractivity contribution >= 4 is 35.3 Å². The fourth-order valence-corrected chi connectivity index (χ4v) is 4.75. The second-order valence-corrected chi connectivity index (χ2v) is 12.1. The Morgan fingerprint density at radius 3 is 1.45 bits per heavy atom. The fourth-order valence-electron chi connectivity index (χ4n) is 4.75. The Kier molecular flexibility index (Phi) is 31.5. The lowest BCUT2D eigenvalue weighted by molar-refractivity contribution is -0.145. The van der Waals surface area contributed by atoms with E-state index < -0.39 is 12.5 Å². The van der Waals surface area contributed by atoms with Crippen LogP contribution in [-0.4, -0.2) is 124 Å². The normalized spacial score (nSPS) is 10.9. The molecule has 0 radical (unpaired) electrons. The number of hydrogen-bond acceptors (Lipinski definition) is 10. The lowest BCUT2D eigenvalue weighted by Gasteiger charge is -2.20. The van der Waals surface area contributed by atoms with Crippen molar-refractivity contribution in [3.05, 3.63) is 0 Å². The number of carbonyl (C=O) groups excluding carboxylic acids is 5. The summed E-state index contributed by atoms with van der Waals surface area (Å²) in [6, 6.07) is 0. The van der Waals surface area contributed by atoms with Crippen LogP contribution in [0.15, 0.2) is 0 Å². The van der Waals surface area contributed by atoms with Gasteiger partial charge in [-0.05, 0) is 26.7 Å². The number of unbranched alkanes of at least 4 members (excludes halogenated alkanes) is 11. The van der Waals surface area contributed by atoms with Gasteiger partial charge in [0.1, 0.15) is 25.5 Å². The Balaban J connectivity index is 3.78. The molecule has 0 bridgehead atoms. The van der Waals surface area contributed by atoms with E-state index in [0.717, 1.165) is 32.1 Å². The molecular formula is C35H63N3O11. The molecule has 0 unspecified atom stereocenters. The third kappa shape index (κ3) is 34.7. The van der Waals surface area contributed by atoms with E-state index in [4.69, 9.17) is 18.9 Å². The molecule has 0 spiro atoms. The van der Waals surface area contributed by atoms with Crippen molar-refractivity contribution < 1.29 is 52.8 Å². The molecule has 14 nitrogen and oxygen atoms in total. The number of amides is 3. The van der Waals surface area contributed by atoms with Crippen molar-refractivity contribution in [3.63, 3.8) is 0 Å². The van der Waals surface area contributed by atoms with Crippen molar-refractivity contribution in [3.8, 4) is 0 Å². The molecule has 3 amide bonds. The van der Waals surface area contributed by atoms with Gasteiger partial charge in [0.05, 0.1) is 39.6 Å². The number of nitrogens with one attached hydrogen (secondary N) is 2. The lowest BCUT2D eigenvalue weighted by Crippen LogP contribution is -2.39. The van der Waals surface area contributed by atoms with Gasteiger partial charge in [0, 0.05) is 38.9 Å². The predicted molar refractivity (Wildman–Crippen MR) is 184 cm³/mol. The Morgan fingerprint density at radius 2 is 0.959 bits per heavy atom. The van der Waals surface area contributed by atoms with Gasteiger partial charge in [-0.2, -0.15) is 0 Å². The average molecular weight is 702 g/mol. The number of carbonyl (C=O) groups is 6. The number of rotatable bonds is 36. The molecule has 0 aliphatic carbocycles. The van der Waals surface area contributed by atoms with Gasteiger partial charge in [-0.25, -0.2) is 0 Å². The first-order valence-electron chi connectivity index (χ1n) is 17.9. The van der Waals surface area contributed by atoms with E-state index in [2.05, 4.69) is 10.6 Å². The summed E-state index contributed by atoms with van der Waals surface area (Å²) in [5.41, 5.74) is 0. The van der Waals surface area contributed by atoms with Crippen LogP contribution in [0, 0.1) is 0 Å². The maximum Gasteiger partial charge on any atom is 0.323 e. The number of carboxylic acid groups (broad SMARTS) is 1. The maximum atomic E-state index is 12.6. The molecule has 0 saturated heterocycles. The molecule has 49 heavy (non-hydrogen) atoms. The smallest absolute Gasteiger partial charge is 0.323 e. The number of ether oxygens (including phenoxy) is 4. The molecule has 0 aliphatic rings. The molecule has 0 aliphatic heterocycles. The van der Waals surface area contributed by atoms with Gasteiger partial charge in [0.25, 0.3) is 0 Å². The Hall–Kier alpha value is -2.94. The van der Waals surface area contributed by atoms with Gasteiger partial charge in [-0.15, -0.1) is 0 Å². The Bertz CT molecular complexity index is 917. The van der Waals surface area contributed by atoms with Crippen LogP contribution in [0.4, 0.5) is 0 Å². The Morgan fingerprint density at radius 1 is 0.510 bits per heavy atom. The lowest BCUT2D eigenvalue weighted by atomic mass is 10.0. The van der Waals surface area contributed by atoms with E-state index in [1.807, 2.05) is 0 Å². The van der Waals surface area contributed by atoms with Gasteiger partial charge in [0.15, 0.2) is 5.78 Å². The molecule has 0 atom stereocenters. The minimum atomic E-state index is -1.11. The van der Waals surface area contributed by atoms with E-state index in [1.165, 1.54) is 50.3 Å². The molecule has 284 valence electrons. The second kappa shape index (κ2) is 33.6. The van der Waals surface area contributed by atoms with Crippen molar-refractivity contribution in [2.45, 2.75) is 110 Å². The van der Waals surface area contributed by atoms with E-state index in [1.54, 1.807) is 6.92 Å². The number of ketones is 2. The predicted octanol–water partition coefficient (Wildman–Crippen LogP) is 3.23. The summed E-state index contributed by atoms with van der Waals surface area (Å²) in [5.74, 6) is -1.74. The third-order valence-corrected chi connectivity index (χ3v) is 7.38. The average Bonchev–Trinajstić information content (AvgIpc) is 3.05. The minimum Gasteiger partial charge on any atom is -0.480 e. The highest BCUT2D eigenvalue weighted by Crippen LogP contribution is 2.13. The SMILES string of the molecule is CC(=O)CCCCCCCCCCCCCCC(=O)N(CCC(=O)NCCOCCOCC(=O)NCCOCCOCC(C)=O)CC(=O)O. The zero-order valence-corrected chi connectivity index (χ0v) is 30.1. The molecule has 0 rings (SSSR count). The van der Waals surface area contributed by atoms with E-state index in [-0.39, 0.29) is 88.3 Å². The van der Waals surface area contributed by atoms with Crippen LogP contribution in [0.3, 0.4) is 0 Å². The first kappa shape index (κ1) is 46.1. The molecule has 0 saturated carbocycles. The minimum absolute atomic E-state index is 0.00561. The van der Waals surface area contributed by atoms with Gasteiger partial charge in [-0.3, -0.25) is 24.0 Å². The summed E-state index contributed by atoms with van der Waals surface area (Å²) in [6.45, 7) is 4.80. The topological polar surface area (TPSA) is 187 Å². The van der Waals surface area contributed by atoms with Crippen molar-refractivity contribution in [1.29, 1.82) is 0 Å². The summed E-state index contributed by atoms with van der Waals surface area (Å²) in [5, 5.41) is 14.6. The summed E-state index contributed by atoms with van der Waals surface area (Å²) in [7, 11) is 0. The summed E-state index contributed by atoms with van der Waals surface area (Å²) < 4.78 is 21.0. The zero-order chi connectivity index (χ0) is 36.4. The molecular weight excluding hydrogens is 638 g/mol. The van der Waals surface area contributed by atoms with Gasteiger partial charge >= 0.3 is 5.97 Å². The van der Waals surface area contributed by atoms with E-state index in [9.17, 15) is 33.9 Å². The number of hydrogen-bond donors (Lipinski definition) is 3. The first-order chi connectivity index (χ1) is 23.6. The van der Waals surface area contributed by atoms with Crippen LogP contribution in [-0.2, 0) is 47.7 Å². The fraction of sp³-hybridized carbons (Fsp3) is 0.829. The van der Waals surface area contributed by atoms with Gasteiger partial charge in [-0.1, -0.05) is 64.2 Å². The number of aliphatic carboxylic acids is 1. The first-order valence-corrected chi connectivity index (χ1v) is 17.9. The zero-order valence-electron chi connectivity index (χ0n) is 30.1. The van der Waals surface area contributed by atoms with Crippen molar-refractivity contribution in [1.82, 2.24) is 15.5 Å². The molecule has 0 aromatic heterocycles. The monoisotopic (exact) mass is 701 g/mol. The van der Waals surface area contributed by atoms with Crippen LogP contribution >= 0.6 is 0 Å². The van der Waals surface area contributed by atoms with E-state index >= 15 is 0 Å². The van der Waals surface area contributed by atoms with E-state index in [0.29, 0.717) is 39.2 Å². The second-order valence-electron chi connectivity index (χ2n) is 12.1. The van der Waals surface area contributed by atoms with Crippen molar-refractivity contribution in [2.75, 3.05) is 79.0 Å². The Labute approximate surface area is 292 Å². The van der Waals surface area contributed by atoms with Crippen LogP contribution in [0.25, 0.3) is 0 Å². The summed E-state index contributed by atoms with van der Waals surface area (Å²) in [6.07, 6.45) is 14.2. The van der Waals surface area contributed by atoms with Gasteiger partial charge < -0.3 is 44.4 Å². The summed E-state index contributed by atoms with van der Waals surface area (Å²) >= 11 is 0. The molecule has 3 N–H and O–H groups in total. The standard InChI is InChI=1S/C35H63N3O11/c1-30(39)15-13-11-9-7-5-3-4-6-8-10-12-14-16-34(43)38(27-35(44)45)20-17-32(41)36-18-21-46-24-26-49-29-33(42)37-19-22-47-23-25-48-28-31(2)40/h3-29H2,1-2H3,(H,36,41)(H,37,42)(H,44,45). The highest BCUT2D eigenvalue weighted by Gasteiger charge is 2.17. The largest absolute Gasteiger partial charge is 0.480 e. The van der Waals surface area contributed by atoms with Crippen LogP contribution in [0.5, 0.6) is 0 Å². The number of nitrogens with zero attached hydrogens (tertiary/aromatic N) is 1. The molecule has 0 fully saturated rings. The highest BCUT2D eigenvalue weighted by molar-refractivity contribution is 5.82. The van der Waals surface area contributed by atoms with Gasteiger partial charge in [0.2, 0.25) is 17.7 Å². The van der Waals surface area contributed by atoms with Crippen LogP contribution in [0.1, 0.15) is 110 Å². The molecule has 14 heteroatoms. The summed E-state index contributed by atoms with van der Waals surface area (Å²) in [4.78, 5) is 70.8. The molecule has 0 heterocycles. The number of carboxylic acids is 1. The van der Waals surface area contributed by atoms with Crippen LogP contribution in [0.2, 0.25) is 0 Å². The van der Waals surface area contributed by atoms with Crippen LogP contribution < -0.4 is 10.6 Å². The highest BCUT2D eigenvalue weighted by atomic mass is 16.5. The molecule has 0 aromatic carbocycles. The number of Topliss-reactive ketones (excluding diaryl/α,β-unsaturated/α-hetero) is 2. The van der Waals surface area contributed by atoms with Crippen molar-refractivity contribution in [2.24, 2.45) is 0 Å². The third-order valence-electron chi connectivity index (χ3n) is 7.38. The molecule has 0 aromatic rings. The maximum absolute atomic E-state index is 12.6. The quantitative estimate of drug-likeness (QED) is 0.0815.